The highest BCUT2D eigenvalue weighted by Crippen LogP contribution is 1.85. The van der Waals surface area contributed by atoms with Crippen LogP contribution in [0.3, 0.4) is 0 Å². The van der Waals surface area contributed by atoms with Crippen molar-refractivity contribution in [3.63, 3.8) is 0 Å². The van der Waals surface area contributed by atoms with E-state index in [0.29, 0.717) is 12.3 Å². The van der Waals surface area contributed by atoms with Crippen LogP contribution in [0.15, 0.2) is 4.99 Å². The number of hydrogen-bond donors (Lipinski definition) is 0. The van der Waals surface area contributed by atoms with E-state index in [0.717, 1.165) is 0 Å². The van der Waals surface area contributed by atoms with E-state index in [-0.39, 0.29) is 5.91 Å². The Balaban J connectivity index is 3.17. The molecule has 0 saturated carbocycles. The van der Waals surface area contributed by atoms with Gasteiger partial charge in [-0.15, -0.1) is 11.6 Å². The number of amides is 1. The molecule has 0 spiro atoms. The minimum Gasteiger partial charge on any atom is -0.273 e. The van der Waals surface area contributed by atoms with Crippen LogP contribution in [0.25, 0.3) is 0 Å². The topological polar surface area (TPSA) is 29.4 Å². The normalized spacial score (nSPS) is 8.14. The molecule has 40 valence electrons. The van der Waals surface area contributed by atoms with Gasteiger partial charge in [0.15, 0.2) is 0 Å². The third-order valence-corrected chi connectivity index (χ3v) is 0.674. The minimum absolute atomic E-state index is 0.241. The SMILES string of the molecule is C=NC(=O)CCCl. The van der Waals surface area contributed by atoms with E-state index >= 15 is 0 Å². The lowest BCUT2D eigenvalue weighted by Crippen LogP contribution is -1.90. The molecule has 0 bridgehead atoms. The first-order valence-corrected chi connectivity index (χ1v) is 2.40. The zero-order chi connectivity index (χ0) is 5.70. The van der Waals surface area contributed by atoms with Gasteiger partial charge < -0.3 is 0 Å². The van der Waals surface area contributed by atoms with Gasteiger partial charge in [-0.3, -0.25) is 4.79 Å². The first-order chi connectivity index (χ1) is 3.31. The highest BCUT2D eigenvalue weighted by Gasteiger charge is 1.90. The summed E-state index contributed by atoms with van der Waals surface area (Å²) in [6.07, 6.45) is 0.297. The third-order valence-electron chi connectivity index (χ3n) is 0.485. The van der Waals surface area contributed by atoms with Crippen LogP contribution in [0.4, 0.5) is 0 Å². The molecule has 0 fully saturated rings. The van der Waals surface area contributed by atoms with Crippen LogP contribution in [-0.4, -0.2) is 18.5 Å². The Morgan fingerprint density at radius 2 is 2.43 bits per heavy atom. The van der Waals surface area contributed by atoms with E-state index in [1.165, 1.54) is 0 Å². The van der Waals surface area contributed by atoms with Crippen molar-refractivity contribution in [1.29, 1.82) is 0 Å². The van der Waals surface area contributed by atoms with Gasteiger partial charge in [-0.25, -0.2) is 4.99 Å². The standard InChI is InChI=1S/C4H6ClNO/c1-6-4(7)2-3-5/h1-3H2. The highest BCUT2D eigenvalue weighted by atomic mass is 35.5. The molecule has 0 aliphatic heterocycles. The van der Waals surface area contributed by atoms with Gasteiger partial charge in [-0.1, -0.05) is 0 Å². The van der Waals surface area contributed by atoms with Gasteiger partial charge in [-0.2, -0.15) is 0 Å². The van der Waals surface area contributed by atoms with E-state index in [1.807, 2.05) is 0 Å². The second kappa shape index (κ2) is 3.81. The van der Waals surface area contributed by atoms with Crippen LogP contribution >= 0.6 is 11.6 Å². The molecule has 0 atom stereocenters. The second-order valence-corrected chi connectivity index (χ2v) is 1.37. The molecule has 0 N–H and O–H groups in total. The van der Waals surface area contributed by atoms with Crippen molar-refractivity contribution >= 4 is 24.2 Å². The molecule has 3 heteroatoms. The van der Waals surface area contributed by atoms with Crippen molar-refractivity contribution in [1.82, 2.24) is 0 Å². The third kappa shape index (κ3) is 3.46. The second-order valence-electron chi connectivity index (χ2n) is 0.991. The zero-order valence-corrected chi connectivity index (χ0v) is 4.61. The monoisotopic (exact) mass is 119 g/mol. The van der Waals surface area contributed by atoms with Gasteiger partial charge in [0.2, 0.25) is 5.91 Å². The number of halogens is 1. The Bertz CT molecular complexity index is 81.8. The van der Waals surface area contributed by atoms with Crippen molar-refractivity contribution in [3.05, 3.63) is 0 Å². The first-order valence-electron chi connectivity index (χ1n) is 1.86. The molecule has 0 aromatic rings. The van der Waals surface area contributed by atoms with Crippen molar-refractivity contribution in [2.75, 3.05) is 5.88 Å². The summed E-state index contributed by atoms with van der Waals surface area (Å²) in [7, 11) is 0. The van der Waals surface area contributed by atoms with E-state index in [1.54, 1.807) is 0 Å². The molecule has 0 radical (unpaired) electrons. The maximum absolute atomic E-state index is 10.1. The van der Waals surface area contributed by atoms with E-state index in [4.69, 9.17) is 11.6 Å². The molecular weight excluding hydrogens is 114 g/mol. The quantitative estimate of drug-likeness (QED) is 0.391. The summed E-state index contributed by atoms with van der Waals surface area (Å²) in [5.41, 5.74) is 0. The lowest BCUT2D eigenvalue weighted by molar-refractivity contribution is -0.117. The minimum atomic E-state index is -0.241. The number of carbonyl (C=O) groups is 1. The number of nitrogens with zero attached hydrogens (tertiary/aromatic N) is 1. The Labute approximate surface area is 47.2 Å². The molecule has 0 saturated heterocycles. The molecule has 1 amide bonds. The molecule has 7 heavy (non-hydrogen) atoms. The van der Waals surface area contributed by atoms with Gasteiger partial charge in [0.25, 0.3) is 0 Å². The van der Waals surface area contributed by atoms with Crippen molar-refractivity contribution in [3.8, 4) is 0 Å². The summed E-state index contributed by atoms with van der Waals surface area (Å²) in [6.45, 7) is 3.02. The fraction of sp³-hybridized carbons (Fsp3) is 0.500. The molecule has 0 unspecified atom stereocenters. The largest absolute Gasteiger partial charge is 0.273 e. The number of aliphatic imine (C=N–C) groups is 1. The maximum atomic E-state index is 10.1. The van der Waals surface area contributed by atoms with Crippen LogP contribution < -0.4 is 0 Å². The number of rotatable bonds is 2. The van der Waals surface area contributed by atoms with Crippen molar-refractivity contribution < 1.29 is 4.79 Å². The average molecular weight is 120 g/mol. The molecule has 0 rings (SSSR count). The summed E-state index contributed by atoms with van der Waals surface area (Å²) in [4.78, 5) is 13.2. The maximum Gasteiger partial charge on any atom is 0.246 e. The van der Waals surface area contributed by atoms with Crippen molar-refractivity contribution in [2.45, 2.75) is 6.42 Å². The summed E-state index contributed by atoms with van der Waals surface area (Å²) in [5, 5.41) is 0. The number of carbonyl (C=O) groups excluding carboxylic acids is 1. The average Bonchev–Trinajstić information content (AvgIpc) is 1.68. The summed E-state index contributed by atoms with van der Waals surface area (Å²) >= 11 is 5.17. The van der Waals surface area contributed by atoms with Crippen LogP contribution in [0.1, 0.15) is 6.42 Å². The van der Waals surface area contributed by atoms with Crippen LogP contribution in [0.2, 0.25) is 0 Å². The molecule has 0 aliphatic carbocycles. The smallest absolute Gasteiger partial charge is 0.246 e. The van der Waals surface area contributed by atoms with Crippen LogP contribution in [0.5, 0.6) is 0 Å². The zero-order valence-electron chi connectivity index (χ0n) is 3.85. The molecule has 0 heterocycles. The summed E-state index contributed by atoms with van der Waals surface area (Å²) in [6, 6.07) is 0. The van der Waals surface area contributed by atoms with Crippen molar-refractivity contribution in [2.24, 2.45) is 4.99 Å². The molecular formula is C4H6ClNO. The predicted octanol–water partition coefficient (Wildman–Crippen LogP) is 0.842. The summed E-state index contributed by atoms with van der Waals surface area (Å²) < 4.78 is 0. The summed E-state index contributed by atoms with van der Waals surface area (Å²) in [5.74, 6) is 0.0905. The van der Waals surface area contributed by atoms with Gasteiger partial charge in [0.1, 0.15) is 0 Å². The number of hydrogen-bond acceptors (Lipinski definition) is 1. The van der Waals surface area contributed by atoms with E-state index < -0.39 is 0 Å². The molecule has 0 aromatic heterocycles. The molecule has 0 aliphatic rings. The highest BCUT2D eigenvalue weighted by molar-refractivity contribution is 6.19. The Kier molecular flexibility index (Phi) is 3.61. The first kappa shape index (κ1) is 6.63. The molecule has 2 nitrogen and oxygen atoms in total. The van der Waals surface area contributed by atoms with Gasteiger partial charge in [-0.05, 0) is 6.72 Å². The van der Waals surface area contributed by atoms with E-state index in [2.05, 4.69) is 11.7 Å². The lowest BCUT2D eigenvalue weighted by Gasteiger charge is -1.81. The Morgan fingerprint density at radius 1 is 1.86 bits per heavy atom. The van der Waals surface area contributed by atoms with E-state index in [9.17, 15) is 4.79 Å². The number of alkyl halides is 1. The van der Waals surface area contributed by atoms with Gasteiger partial charge in [0.05, 0.1) is 0 Å². The van der Waals surface area contributed by atoms with Gasteiger partial charge >= 0.3 is 0 Å². The lowest BCUT2D eigenvalue weighted by atomic mass is 10.5. The fourth-order valence-corrected chi connectivity index (χ4v) is 0.322. The Morgan fingerprint density at radius 3 is 2.57 bits per heavy atom. The fourth-order valence-electron chi connectivity index (χ4n) is 0.160. The van der Waals surface area contributed by atoms with Crippen LogP contribution in [0, 0.1) is 0 Å². The van der Waals surface area contributed by atoms with Crippen LogP contribution in [-0.2, 0) is 4.79 Å². The van der Waals surface area contributed by atoms with Gasteiger partial charge in [0, 0.05) is 12.3 Å². The predicted molar refractivity (Wildman–Crippen MR) is 29.9 cm³/mol. The molecule has 0 aromatic carbocycles. The Hall–Kier alpha value is -0.370.